The van der Waals surface area contributed by atoms with Gasteiger partial charge in [0.15, 0.2) is 0 Å². The zero-order valence-corrected chi connectivity index (χ0v) is 17.3. The van der Waals surface area contributed by atoms with E-state index in [1.54, 1.807) is 23.6 Å². The number of pyridine rings is 1. The Hall–Kier alpha value is -2.41. The third-order valence-electron chi connectivity index (χ3n) is 4.69. The molecule has 0 fully saturated rings. The van der Waals surface area contributed by atoms with Gasteiger partial charge >= 0.3 is 0 Å². The van der Waals surface area contributed by atoms with Crippen LogP contribution in [0.15, 0.2) is 42.6 Å². The summed E-state index contributed by atoms with van der Waals surface area (Å²) in [7, 11) is 0. The molecular formula is C21H23ClN4OS. The number of nitrogens with one attached hydrogen (secondary N) is 3. The molecule has 2 aromatic heterocycles. The highest BCUT2D eigenvalue weighted by Crippen LogP contribution is 2.30. The highest BCUT2D eigenvalue weighted by molar-refractivity contribution is 7.19. The molecule has 0 bridgehead atoms. The number of nitrogens with zero attached hydrogens (tertiary/aromatic N) is 1. The summed E-state index contributed by atoms with van der Waals surface area (Å²) in [6.07, 6.45) is 5.17. The second-order valence-corrected chi connectivity index (χ2v) is 7.71. The van der Waals surface area contributed by atoms with E-state index in [1.807, 2.05) is 18.2 Å². The molecule has 0 saturated heterocycles. The van der Waals surface area contributed by atoms with Gasteiger partial charge in [0, 0.05) is 47.0 Å². The number of rotatable bonds is 4. The molecule has 0 spiro atoms. The first-order valence-corrected chi connectivity index (χ1v) is 9.89. The molecule has 4 rings (SSSR count). The van der Waals surface area contributed by atoms with Crippen LogP contribution in [0.2, 0.25) is 0 Å². The van der Waals surface area contributed by atoms with Crippen molar-refractivity contribution < 1.29 is 4.79 Å². The number of anilines is 1. The van der Waals surface area contributed by atoms with Crippen molar-refractivity contribution in [1.82, 2.24) is 15.6 Å². The molecule has 1 aliphatic heterocycles. The van der Waals surface area contributed by atoms with Crippen LogP contribution in [0.1, 0.15) is 21.6 Å². The molecule has 1 aromatic carbocycles. The number of halogens is 1. The second kappa shape index (κ2) is 9.19. The van der Waals surface area contributed by atoms with Gasteiger partial charge in [-0.05, 0) is 41.6 Å². The number of aryl methyl sites for hydroxylation is 1. The van der Waals surface area contributed by atoms with Crippen molar-refractivity contribution in [1.29, 1.82) is 0 Å². The van der Waals surface area contributed by atoms with Crippen LogP contribution in [0, 0.1) is 6.92 Å². The van der Waals surface area contributed by atoms with Gasteiger partial charge in [-0.15, -0.1) is 23.7 Å². The van der Waals surface area contributed by atoms with E-state index < -0.39 is 0 Å². The average molecular weight is 415 g/mol. The van der Waals surface area contributed by atoms with Crippen molar-refractivity contribution in [2.75, 3.05) is 18.4 Å². The third-order valence-corrected chi connectivity index (χ3v) is 5.96. The average Bonchev–Trinajstić information content (AvgIpc) is 2.86. The highest BCUT2D eigenvalue weighted by atomic mass is 35.5. The van der Waals surface area contributed by atoms with Gasteiger partial charge < -0.3 is 16.0 Å². The van der Waals surface area contributed by atoms with E-state index in [9.17, 15) is 4.79 Å². The Morgan fingerprint density at radius 2 is 2.18 bits per heavy atom. The lowest BCUT2D eigenvalue weighted by Gasteiger charge is -2.06. The van der Waals surface area contributed by atoms with E-state index in [0.717, 1.165) is 36.6 Å². The van der Waals surface area contributed by atoms with Crippen molar-refractivity contribution >= 4 is 51.6 Å². The molecule has 0 unspecified atom stereocenters. The second-order valence-electron chi connectivity index (χ2n) is 6.58. The molecule has 0 aliphatic carbocycles. The molecule has 3 N–H and O–H groups in total. The van der Waals surface area contributed by atoms with Gasteiger partial charge in [-0.3, -0.25) is 4.79 Å². The first-order valence-electron chi connectivity index (χ1n) is 9.07. The van der Waals surface area contributed by atoms with Crippen LogP contribution in [0.3, 0.4) is 0 Å². The molecule has 0 saturated carbocycles. The van der Waals surface area contributed by atoms with Crippen LogP contribution in [0.25, 0.3) is 16.2 Å². The van der Waals surface area contributed by atoms with E-state index in [-0.39, 0.29) is 18.3 Å². The molecule has 0 atom stereocenters. The Balaban J connectivity index is 0.00000225. The van der Waals surface area contributed by atoms with Crippen molar-refractivity contribution in [3.05, 3.63) is 64.2 Å². The Morgan fingerprint density at radius 1 is 1.32 bits per heavy atom. The van der Waals surface area contributed by atoms with Crippen LogP contribution < -0.4 is 16.0 Å². The van der Waals surface area contributed by atoms with E-state index in [0.29, 0.717) is 6.54 Å². The fourth-order valence-electron chi connectivity index (χ4n) is 3.20. The molecule has 7 heteroatoms. The summed E-state index contributed by atoms with van der Waals surface area (Å²) in [6, 6.07) is 10.4. The summed E-state index contributed by atoms with van der Waals surface area (Å²) in [5.74, 6) is 0.819. The molecule has 3 heterocycles. The molecule has 0 radical (unpaired) electrons. The van der Waals surface area contributed by atoms with Gasteiger partial charge in [0.05, 0.1) is 6.54 Å². The third kappa shape index (κ3) is 4.52. The number of thiophene rings is 1. The number of fused-ring (bicyclic) bond motifs is 2. The minimum absolute atomic E-state index is 0. The highest BCUT2D eigenvalue weighted by Gasteiger charge is 2.09. The first kappa shape index (κ1) is 20.3. The van der Waals surface area contributed by atoms with E-state index in [2.05, 4.69) is 46.1 Å². The van der Waals surface area contributed by atoms with Crippen molar-refractivity contribution in [3.8, 4) is 0 Å². The van der Waals surface area contributed by atoms with Gasteiger partial charge in [0.2, 0.25) is 5.91 Å². The lowest BCUT2D eigenvalue weighted by atomic mass is 10.1. The fourth-order valence-corrected chi connectivity index (χ4v) is 4.35. The molecule has 1 amide bonds. The SMILES string of the molecule is Cc1c(CNC(=O)C=Cc2cnc3c(c2)CNCCN3)sc2ccccc12.Cl. The van der Waals surface area contributed by atoms with Gasteiger partial charge in [-0.2, -0.15) is 0 Å². The Morgan fingerprint density at radius 3 is 3.04 bits per heavy atom. The number of carbonyl (C=O) groups is 1. The quantitative estimate of drug-likeness (QED) is 0.567. The van der Waals surface area contributed by atoms with Gasteiger partial charge in [-0.1, -0.05) is 18.2 Å². The van der Waals surface area contributed by atoms with E-state index >= 15 is 0 Å². The van der Waals surface area contributed by atoms with Crippen molar-refractivity contribution in [2.45, 2.75) is 20.0 Å². The van der Waals surface area contributed by atoms with E-state index in [4.69, 9.17) is 0 Å². The monoisotopic (exact) mass is 414 g/mol. The molecule has 28 heavy (non-hydrogen) atoms. The Labute approximate surface area is 174 Å². The number of carbonyl (C=O) groups excluding carboxylic acids is 1. The topological polar surface area (TPSA) is 66.0 Å². The summed E-state index contributed by atoms with van der Waals surface area (Å²) >= 11 is 1.74. The standard InChI is InChI=1S/C21H22N4OS.ClH/c1-14-17-4-2-3-5-18(17)27-19(14)13-24-20(26)7-6-15-10-16-12-22-8-9-23-21(16)25-11-15;/h2-7,10-11,22H,8-9,12-13H2,1H3,(H,23,25)(H,24,26);1H. The van der Waals surface area contributed by atoms with E-state index in [1.165, 1.54) is 20.5 Å². The zero-order valence-electron chi connectivity index (χ0n) is 15.6. The molecule has 3 aromatic rings. The van der Waals surface area contributed by atoms with Crippen molar-refractivity contribution in [2.24, 2.45) is 0 Å². The maximum atomic E-state index is 12.2. The summed E-state index contributed by atoms with van der Waals surface area (Å²) in [5, 5.41) is 10.9. The number of amides is 1. The summed E-state index contributed by atoms with van der Waals surface area (Å²) in [5.41, 5.74) is 3.29. The predicted octanol–water partition coefficient (Wildman–Crippen LogP) is 3.87. The predicted molar refractivity (Wildman–Crippen MR) is 119 cm³/mol. The van der Waals surface area contributed by atoms with Crippen LogP contribution >= 0.6 is 23.7 Å². The lowest BCUT2D eigenvalue weighted by Crippen LogP contribution is -2.20. The van der Waals surface area contributed by atoms with Crippen LogP contribution in [0.5, 0.6) is 0 Å². The summed E-state index contributed by atoms with van der Waals surface area (Å²) in [4.78, 5) is 17.9. The summed E-state index contributed by atoms with van der Waals surface area (Å²) in [6.45, 7) is 5.23. The smallest absolute Gasteiger partial charge is 0.244 e. The van der Waals surface area contributed by atoms with Crippen LogP contribution in [-0.4, -0.2) is 24.0 Å². The number of hydrogen-bond acceptors (Lipinski definition) is 5. The molecule has 1 aliphatic rings. The fraction of sp³-hybridized carbons (Fsp3) is 0.238. The molecule has 146 valence electrons. The number of aromatic nitrogens is 1. The van der Waals surface area contributed by atoms with Crippen molar-refractivity contribution in [3.63, 3.8) is 0 Å². The van der Waals surface area contributed by atoms with Gasteiger partial charge in [-0.25, -0.2) is 4.98 Å². The number of benzene rings is 1. The molecule has 5 nitrogen and oxygen atoms in total. The Bertz CT molecular complexity index is 1010. The van der Waals surface area contributed by atoms with Crippen LogP contribution in [0.4, 0.5) is 5.82 Å². The van der Waals surface area contributed by atoms with Gasteiger partial charge in [0.1, 0.15) is 5.82 Å². The summed E-state index contributed by atoms with van der Waals surface area (Å²) < 4.78 is 1.26. The minimum atomic E-state index is -0.0990. The Kier molecular flexibility index (Phi) is 6.67. The van der Waals surface area contributed by atoms with Gasteiger partial charge in [0.25, 0.3) is 0 Å². The maximum absolute atomic E-state index is 12.2. The molecular weight excluding hydrogens is 392 g/mol. The number of hydrogen-bond donors (Lipinski definition) is 3. The zero-order chi connectivity index (χ0) is 18.6. The minimum Gasteiger partial charge on any atom is -0.369 e. The normalized spacial score (nSPS) is 13.5. The largest absolute Gasteiger partial charge is 0.369 e. The first-order chi connectivity index (χ1) is 13.2. The van der Waals surface area contributed by atoms with Crippen LogP contribution in [-0.2, 0) is 17.9 Å². The maximum Gasteiger partial charge on any atom is 0.244 e. The lowest BCUT2D eigenvalue weighted by molar-refractivity contribution is -0.116.